The van der Waals surface area contributed by atoms with Crippen LogP contribution in [-0.4, -0.2) is 48.6 Å². The minimum absolute atomic E-state index is 0.258. The molecule has 3 amide bonds. The lowest BCUT2D eigenvalue weighted by atomic mass is 9.88. The van der Waals surface area contributed by atoms with Crippen LogP contribution in [0.2, 0.25) is 0 Å². The van der Waals surface area contributed by atoms with Gasteiger partial charge in [-0.2, -0.15) is 0 Å². The molecule has 0 saturated carbocycles. The van der Waals surface area contributed by atoms with Crippen LogP contribution >= 0.6 is 0 Å². The topological polar surface area (TPSA) is 101 Å². The van der Waals surface area contributed by atoms with E-state index < -0.39 is 17.5 Å². The Bertz CT molecular complexity index is 620. The first kappa shape index (κ1) is 14.3. The molecule has 0 aromatic carbocycles. The quantitative estimate of drug-likeness (QED) is 0.591. The fraction of sp³-hybridized carbons (Fsp3) is 0.429. The van der Waals surface area contributed by atoms with Crippen molar-refractivity contribution in [2.24, 2.45) is 0 Å². The first-order chi connectivity index (χ1) is 10.5. The number of nitrogens with one attached hydrogen (secondary N) is 2. The van der Waals surface area contributed by atoms with E-state index in [2.05, 4.69) is 20.4 Å². The maximum absolute atomic E-state index is 11.9. The van der Waals surface area contributed by atoms with E-state index in [0.717, 1.165) is 5.82 Å². The van der Waals surface area contributed by atoms with Crippen LogP contribution in [-0.2, 0) is 9.53 Å². The van der Waals surface area contributed by atoms with E-state index >= 15 is 0 Å². The van der Waals surface area contributed by atoms with Gasteiger partial charge in [-0.05, 0) is 25.0 Å². The number of pyridine rings is 1. The number of amides is 3. The summed E-state index contributed by atoms with van der Waals surface area (Å²) in [5, 5.41) is 5.00. The van der Waals surface area contributed by atoms with Crippen molar-refractivity contribution in [3.05, 3.63) is 23.9 Å². The number of rotatable bonds is 2. The molecule has 3 heterocycles. The molecule has 2 saturated heterocycles. The van der Waals surface area contributed by atoms with E-state index in [4.69, 9.17) is 0 Å². The van der Waals surface area contributed by atoms with Crippen molar-refractivity contribution in [2.45, 2.75) is 18.4 Å². The summed E-state index contributed by atoms with van der Waals surface area (Å²) in [7, 11) is 1.32. The lowest BCUT2D eigenvalue weighted by Crippen LogP contribution is -2.55. The number of esters is 1. The van der Waals surface area contributed by atoms with Crippen molar-refractivity contribution in [3.8, 4) is 0 Å². The van der Waals surface area contributed by atoms with Crippen molar-refractivity contribution < 1.29 is 19.1 Å². The zero-order valence-electron chi connectivity index (χ0n) is 12.1. The Kier molecular flexibility index (Phi) is 3.44. The van der Waals surface area contributed by atoms with Crippen LogP contribution in [0.4, 0.5) is 10.6 Å². The number of piperidine rings is 1. The zero-order valence-corrected chi connectivity index (χ0v) is 12.1. The van der Waals surface area contributed by atoms with E-state index in [1.165, 1.54) is 13.3 Å². The molecule has 0 atom stereocenters. The molecule has 8 nitrogen and oxygen atoms in total. The molecule has 0 bridgehead atoms. The van der Waals surface area contributed by atoms with Gasteiger partial charge in [0, 0.05) is 19.3 Å². The van der Waals surface area contributed by atoms with Crippen LogP contribution < -0.4 is 15.5 Å². The van der Waals surface area contributed by atoms with Gasteiger partial charge in [-0.3, -0.25) is 10.1 Å². The Morgan fingerprint density at radius 3 is 2.55 bits per heavy atom. The molecule has 22 heavy (non-hydrogen) atoms. The van der Waals surface area contributed by atoms with Crippen molar-refractivity contribution in [1.82, 2.24) is 15.6 Å². The van der Waals surface area contributed by atoms with Gasteiger partial charge in [-0.15, -0.1) is 0 Å². The summed E-state index contributed by atoms with van der Waals surface area (Å²) < 4.78 is 4.63. The average Bonchev–Trinajstić information content (AvgIpc) is 2.81. The van der Waals surface area contributed by atoms with Gasteiger partial charge in [-0.25, -0.2) is 14.6 Å². The number of ether oxygens (including phenoxy) is 1. The highest BCUT2D eigenvalue weighted by molar-refractivity contribution is 6.07. The van der Waals surface area contributed by atoms with Gasteiger partial charge in [0.05, 0.1) is 12.7 Å². The van der Waals surface area contributed by atoms with Gasteiger partial charge < -0.3 is 15.0 Å². The molecule has 1 aromatic rings. The van der Waals surface area contributed by atoms with Gasteiger partial charge in [0.15, 0.2) is 0 Å². The molecule has 1 aromatic heterocycles. The SMILES string of the molecule is COC(=O)c1ccc(N2CCC3(CC2)NC(=O)NC3=O)nc1. The number of aromatic nitrogens is 1. The molecule has 2 fully saturated rings. The number of carbonyl (C=O) groups excluding carboxylic acids is 3. The zero-order chi connectivity index (χ0) is 15.7. The monoisotopic (exact) mass is 304 g/mol. The molecule has 0 aliphatic carbocycles. The molecule has 2 aliphatic rings. The summed E-state index contributed by atoms with van der Waals surface area (Å²) in [4.78, 5) is 40.8. The number of carbonyl (C=O) groups is 3. The third-order valence-electron chi connectivity index (χ3n) is 4.12. The van der Waals surface area contributed by atoms with E-state index in [9.17, 15) is 14.4 Å². The predicted molar refractivity (Wildman–Crippen MR) is 76.4 cm³/mol. The summed E-state index contributed by atoms with van der Waals surface area (Å²) >= 11 is 0. The highest BCUT2D eigenvalue weighted by Crippen LogP contribution is 2.27. The Hall–Kier alpha value is -2.64. The molecule has 2 N–H and O–H groups in total. The van der Waals surface area contributed by atoms with Crippen molar-refractivity contribution in [2.75, 3.05) is 25.1 Å². The second-order valence-corrected chi connectivity index (χ2v) is 5.37. The highest BCUT2D eigenvalue weighted by Gasteiger charge is 2.47. The van der Waals surface area contributed by atoms with E-state index in [-0.39, 0.29) is 5.91 Å². The second kappa shape index (κ2) is 5.28. The molecule has 3 rings (SSSR count). The number of hydrogen-bond acceptors (Lipinski definition) is 6. The summed E-state index contributed by atoms with van der Waals surface area (Å²) in [5.74, 6) is 0.0420. The number of nitrogens with zero attached hydrogens (tertiary/aromatic N) is 2. The summed E-state index contributed by atoms with van der Waals surface area (Å²) in [6.45, 7) is 1.19. The van der Waals surface area contributed by atoms with Gasteiger partial charge in [0.25, 0.3) is 5.91 Å². The van der Waals surface area contributed by atoms with Gasteiger partial charge in [-0.1, -0.05) is 0 Å². The fourth-order valence-corrected chi connectivity index (χ4v) is 2.81. The predicted octanol–water partition coefficient (Wildman–Crippen LogP) is 0.0466. The highest BCUT2D eigenvalue weighted by atomic mass is 16.5. The van der Waals surface area contributed by atoms with Crippen LogP contribution in [0.3, 0.4) is 0 Å². The second-order valence-electron chi connectivity index (χ2n) is 5.37. The standard InChI is InChI=1S/C14H16N4O4/c1-22-11(19)9-2-3-10(15-8-9)18-6-4-14(5-7-18)12(20)16-13(21)17-14/h2-3,8H,4-7H2,1H3,(H2,16,17,20,21). The minimum atomic E-state index is -0.792. The number of methoxy groups -OCH3 is 1. The third-order valence-corrected chi connectivity index (χ3v) is 4.12. The summed E-state index contributed by atoms with van der Waals surface area (Å²) in [5.41, 5.74) is -0.401. The molecular weight excluding hydrogens is 288 g/mol. The minimum Gasteiger partial charge on any atom is -0.465 e. The van der Waals surface area contributed by atoms with Crippen molar-refractivity contribution >= 4 is 23.7 Å². The molecule has 116 valence electrons. The maximum Gasteiger partial charge on any atom is 0.339 e. The van der Waals surface area contributed by atoms with Gasteiger partial charge in [0.2, 0.25) is 0 Å². The first-order valence-corrected chi connectivity index (χ1v) is 6.97. The molecule has 2 aliphatic heterocycles. The molecular formula is C14H16N4O4. The number of hydrogen-bond donors (Lipinski definition) is 2. The fourth-order valence-electron chi connectivity index (χ4n) is 2.81. The summed E-state index contributed by atoms with van der Waals surface area (Å²) in [6.07, 6.45) is 2.51. The largest absolute Gasteiger partial charge is 0.465 e. The Morgan fingerprint density at radius 1 is 1.32 bits per heavy atom. The van der Waals surface area contributed by atoms with E-state index in [0.29, 0.717) is 31.5 Å². The van der Waals surface area contributed by atoms with Gasteiger partial charge in [0.1, 0.15) is 11.4 Å². The normalized spacial score (nSPS) is 19.8. The molecule has 8 heteroatoms. The molecule has 0 radical (unpaired) electrons. The van der Waals surface area contributed by atoms with Crippen LogP contribution in [0.1, 0.15) is 23.2 Å². The van der Waals surface area contributed by atoms with Crippen LogP contribution in [0, 0.1) is 0 Å². The van der Waals surface area contributed by atoms with E-state index in [1.807, 2.05) is 4.90 Å². The smallest absolute Gasteiger partial charge is 0.339 e. The first-order valence-electron chi connectivity index (χ1n) is 6.97. The summed E-state index contributed by atoms with van der Waals surface area (Å²) in [6, 6.07) is 2.97. The third kappa shape index (κ3) is 2.36. The number of urea groups is 1. The lowest BCUT2D eigenvalue weighted by molar-refractivity contribution is -0.124. The number of anilines is 1. The molecule has 1 spiro atoms. The van der Waals surface area contributed by atoms with Crippen molar-refractivity contribution in [1.29, 1.82) is 0 Å². The Morgan fingerprint density at radius 2 is 2.05 bits per heavy atom. The lowest BCUT2D eigenvalue weighted by Gasteiger charge is -2.37. The Labute approximate surface area is 126 Å². The van der Waals surface area contributed by atoms with Crippen LogP contribution in [0.15, 0.2) is 18.3 Å². The average molecular weight is 304 g/mol. The van der Waals surface area contributed by atoms with Crippen LogP contribution in [0.5, 0.6) is 0 Å². The van der Waals surface area contributed by atoms with E-state index in [1.54, 1.807) is 12.1 Å². The van der Waals surface area contributed by atoms with Gasteiger partial charge >= 0.3 is 12.0 Å². The van der Waals surface area contributed by atoms with Crippen molar-refractivity contribution in [3.63, 3.8) is 0 Å². The van der Waals surface area contributed by atoms with Crippen LogP contribution in [0.25, 0.3) is 0 Å². The Balaban J connectivity index is 1.68. The molecule has 0 unspecified atom stereocenters. The number of imide groups is 1. The maximum atomic E-state index is 11.9.